The Hall–Kier alpha value is -1.27. The number of rotatable bonds is 5. The third-order valence-corrected chi connectivity index (χ3v) is 3.76. The molecule has 2 heterocycles. The molecule has 0 radical (unpaired) electrons. The lowest BCUT2D eigenvalue weighted by molar-refractivity contribution is 0.312. The van der Waals surface area contributed by atoms with Gasteiger partial charge in [-0.05, 0) is 18.8 Å². The monoisotopic (exact) mass is 294 g/mol. The van der Waals surface area contributed by atoms with Crippen LogP contribution in [0.1, 0.15) is 49.6 Å². The van der Waals surface area contributed by atoms with Crippen molar-refractivity contribution >= 4 is 11.3 Å². The number of thiazole rings is 1. The highest BCUT2D eigenvalue weighted by Gasteiger charge is 2.18. The Balaban J connectivity index is 1.92. The maximum Gasteiger partial charge on any atom is 0.228 e. The molecule has 0 spiro atoms. The van der Waals surface area contributed by atoms with E-state index in [-0.39, 0.29) is 11.5 Å². The molecule has 20 heavy (non-hydrogen) atoms. The maximum absolute atomic E-state index is 6.12. The Kier molecular flexibility index (Phi) is 4.55. The highest BCUT2D eigenvalue weighted by Crippen LogP contribution is 2.21. The quantitative estimate of drug-likeness (QED) is 0.917. The van der Waals surface area contributed by atoms with Gasteiger partial charge < -0.3 is 10.3 Å². The SMILES string of the molecule is Cc1csc(Cc2noc(CC(N)CC(C)(C)C)n2)n1. The Morgan fingerprint density at radius 3 is 2.70 bits per heavy atom. The fraction of sp³-hybridized carbons (Fsp3) is 0.643. The molecule has 0 fully saturated rings. The van der Waals surface area contributed by atoms with Gasteiger partial charge in [-0.15, -0.1) is 11.3 Å². The minimum Gasteiger partial charge on any atom is -0.339 e. The van der Waals surface area contributed by atoms with Crippen molar-refractivity contribution in [1.29, 1.82) is 0 Å². The Morgan fingerprint density at radius 2 is 2.10 bits per heavy atom. The van der Waals surface area contributed by atoms with Crippen LogP contribution in [-0.4, -0.2) is 21.2 Å². The molecule has 0 aliphatic carbocycles. The number of hydrogen-bond donors (Lipinski definition) is 1. The zero-order valence-corrected chi connectivity index (χ0v) is 13.3. The second kappa shape index (κ2) is 6.01. The van der Waals surface area contributed by atoms with E-state index in [1.54, 1.807) is 11.3 Å². The van der Waals surface area contributed by atoms with Crippen LogP contribution in [0.2, 0.25) is 0 Å². The van der Waals surface area contributed by atoms with Crippen molar-refractivity contribution in [3.05, 3.63) is 27.8 Å². The second-order valence-corrected chi connectivity index (χ2v) is 7.34. The van der Waals surface area contributed by atoms with Crippen LogP contribution in [0, 0.1) is 12.3 Å². The van der Waals surface area contributed by atoms with E-state index < -0.39 is 0 Å². The molecule has 2 aromatic heterocycles. The minimum absolute atomic E-state index is 0.0467. The molecule has 0 saturated carbocycles. The second-order valence-electron chi connectivity index (χ2n) is 6.39. The molecule has 6 heteroatoms. The van der Waals surface area contributed by atoms with Gasteiger partial charge in [-0.3, -0.25) is 0 Å². The van der Waals surface area contributed by atoms with E-state index in [0.717, 1.165) is 17.1 Å². The van der Waals surface area contributed by atoms with Crippen LogP contribution >= 0.6 is 11.3 Å². The number of hydrogen-bond acceptors (Lipinski definition) is 6. The molecule has 2 N–H and O–H groups in total. The highest BCUT2D eigenvalue weighted by molar-refractivity contribution is 7.09. The van der Waals surface area contributed by atoms with Gasteiger partial charge in [0.15, 0.2) is 5.82 Å². The van der Waals surface area contributed by atoms with Gasteiger partial charge in [0.1, 0.15) is 5.01 Å². The number of aryl methyl sites for hydroxylation is 1. The lowest BCUT2D eigenvalue weighted by Crippen LogP contribution is -2.28. The van der Waals surface area contributed by atoms with Crippen molar-refractivity contribution in [1.82, 2.24) is 15.1 Å². The van der Waals surface area contributed by atoms with Crippen molar-refractivity contribution in [2.45, 2.75) is 53.0 Å². The standard InChI is InChI=1S/C14H22N4OS/c1-9-8-20-13(16-9)6-11-17-12(19-18-11)5-10(15)7-14(2,3)4/h8,10H,5-7,15H2,1-4H3. The summed E-state index contributed by atoms with van der Waals surface area (Å²) in [4.78, 5) is 8.79. The average molecular weight is 294 g/mol. The average Bonchev–Trinajstić information content (AvgIpc) is 2.86. The third-order valence-electron chi connectivity index (χ3n) is 2.80. The van der Waals surface area contributed by atoms with E-state index >= 15 is 0 Å². The summed E-state index contributed by atoms with van der Waals surface area (Å²) in [6, 6.07) is 0.0467. The molecule has 0 amide bonds. The lowest BCUT2D eigenvalue weighted by Gasteiger charge is -2.21. The first kappa shape index (κ1) is 15.1. The van der Waals surface area contributed by atoms with E-state index in [1.807, 2.05) is 12.3 Å². The third kappa shape index (κ3) is 4.68. The normalized spacial score (nSPS) is 13.7. The van der Waals surface area contributed by atoms with Gasteiger partial charge in [0.05, 0.1) is 6.42 Å². The minimum atomic E-state index is 0.0467. The summed E-state index contributed by atoms with van der Waals surface area (Å²) in [5, 5.41) is 7.03. The molecular weight excluding hydrogens is 272 g/mol. The number of aromatic nitrogens is 3. The molecule has 2 aromatic rings. The summed E-state index contributed by atoms with van der Waals surface area (Å²) in [7, 11) is 0. The van der Waals surface area contributed by atoms with Gasteiger partial charge in [-0.25, -0.2) is 4.98 Å². The van der Waals surface area contributed by atoms with Crippen molar-refractivity contribution in [2.24, 2.45) is 11.1 Å². The lowest BCUT2D eigenvalue weighted by atomic mass is 9.87. The van der Waals surface area contributed by atoms with E-state index in [4.69, 9.17) is 10.3 Å². The summed E-state index contributed by atoms with van der Waals surface area (Å²) >= 11 is 1.62. The summed E-state index contributed by atoms with van der Waals surface area (Å²) in [5.41, 5.74) is 7.36. The summed E-state index contributed by atoms with van der Waals surface area (Å²) < 4.78 is 5.26. The van der Waals surface area contributed by atoms with Gasteiger partial charge in [0, 0.05) is 23.5 Å². The van der Waals surface area contributed by atoms with Crippen LogP contribution in [0.3, 0.4) is 0 Å². The summed E-state index contributed by atoms with van der Waals surface area (Å²) in [6.45, 7) is 8.51. The van der Waals surface area contributed by atoms with Gasteiger partial charge in [-0.2, -0.15) is 4.98 Å². The molecule has 0 aromatic carbocycles. The van der Waals surface area contributed by atoms with E-state index in [9.17, 15) is 0 Å². The van der Waals surface area contributed by atoms with Gasteiger partial charge in [0.25, 0.3) is 0 Å². The van der Waals surface area contributed by atoms with Gasteiger partial charge in [-0.1, -0.05) is 25.9 Å². The molecule has 0 aliphatic heterocycles. The molecular formula is C14H22N4OS. The molecule has 5 nitrogen and oxygen atoms in total. The molecule has 1 unspecified atom stereocenters. The summed E-state index contributed by atoms with van der Waals surface area (Å²) in [5.74, 6) is 1.29. The Morgan fingerprint density at radius 1 is 1.35 bits per heavy atom. The predicted octanol–water partition coefficient (Wildman–Crippen LogP) is 2.73. The van der Waals surface area contributed by atoms with Crippen LogP contribution in [0.5, 0.6) is 0 Å². The van der Waals surface area contributed by atoms with Crippen molar-refractivity contribution in [3.8, 4) is 0 Å². The number of nitrogens with zero attached hydrogens (tertiary/aromatic N) is 3. The molecule has 1 atom stereocenters. The Bertz CT molecular complexity index is 556. The zero-order chi connectivity index (χ0) is 14.8. The molecule has 110 valence electrons. The van der Waals surface area contributed by atoms with Crippen molar-refractivity contribution in [2.75, 3.05) is 0 Å². The first-order valence-corrected chi connectivity index (χ1v) is 7.68. The van der Waals surface area contributed by atoms with E-state index in [2.05, 4.69) is 35.9 Å². The van der Waals surface area contributed by atoms with Gasteiger partial charge in [0.2, 0.25) is 5.89 Å². The number of nitrogens with two attached hydrogens (primary N) is 1. The maximum atomic E-state index is 6.12. The van der Waals surface area contributed by atoms with E-state index in [0.29, 0.717) is 24.6 Å². The van der Waals surface area contributed by atoms with Crippen LogP contribution in [0.15, 0.2) is 9.90 Å². The van der Waals surface area contributed by atoms with Gasteiger partial charge >= 0.3 is 0 Å². The zero-order valence-electron chi connectivity index (χ0n) is 12.5. The van der Waals surface area contributed by atoms with E-state index in [1.165, 1.54) is 0 Å². The Labute approximate surface area is 123 Å². The van der Waals surface area contributed by atoms with Crippen LogP contribution in [-0.2, 0) is 12.8 Å². The van der Waals surface area contributed by atoms with Crippen molar-refractivity contribution < 1.29 is 4.52 Å². The predicted molar refractivity (Wildman–Crippen MR) is 79.7 cm³/mol. The fourth-order valence-electron chi connectivity index (χ4n) is 2.15. The largest absolute Gasteiger partial charge is 0.339 e. The molecule has 0 aliphatic rings. The molecule has 0 saturated heterocycles. The smallest absolute Gasteiger partial charge is 0.228 e. The first-order valence-electron chi connectivity index (χ1n) is 6.80. The molecule has 0 bridgehead atoms. The van der Waals surface area contributed by atoms with Crippen molar-refractivity contribution in [3.63, 3.8) is 0 Å². The van der Waals surface area contributed by atoms with Crippen LogP contribution in [0.25, 0.3) is 0 Å². The van der Waals surface area contributed by atoms with Crippen LogP contribution < -0.4 is 5.73 Å². The van der Waals surface area contributed by atoms with Crippen LogP contribution in [0.4, 0.5) is 0 Å². The topological polar surface area (TPSA) is 77.8 Å². The highest BCUT2D eigenvalue weighted by atomic mass is 32.1. The molecule has 2 rings (SSSR count). The fourth-order valence-corrected chi connectivity index (χ4v) is 2.92. The first-order chi connectivity index (χ1) is 9.32. The summed E-state index contributed by atoms with van der Waals surface area (Å²) in [6.07, 6.45) is 2.17.